The number of fused-ring (bicyclic) bond motifs is 4. The Morgan fingerprint density at radius 2 is 1.44 bits per heavy atom. The van der Waals surface area contributed by atoms with Gasteiger partial charge in [0.1, 0.15) is 0 Å². The minimum atomic E-state index is -1.99. The van der Waals surface area contributed by atoms with Crippen molar-refractivity contribution in [3.05, 3.63) is 107 Å². The molecular formula is C35H35Cl2SiZr. The third-order valence-corrected chi connectivity index (χ3v) is 31.2. The van der Waals surface area contributed by atoms with Crippen LogP contribution in [0.2, 0.25) is 0 Å². The molecule has 0 radical (unpaired) electrons. The Morgan fingerprint density at radius 3 is 2.13 bits per heavy atom. The molecule has 0 saturated carbocycles. The molecule has 0 amide bonds. The Labute approximate surface area is 255 Å². The molecule has 4 aromatic rings. The van der Waals surface area contributed by atoms with Gasteiger partial charge in [-0.25, -0.2) is 0 Å². The van der Waals surface area contributed by atoms with Gasteiger partial charge in [-0.1, -0.05) is 0 Å². The molecule has 3 aliphatic rings. The normalized spacial score (nSPS) is 17.9. The molecule has 0 bridgehead atoms. The molecule has 7 rings (SSSR count). The topological polar surface area (TPSA) is 0 Å². The Kier molecular flexibility index (Phi) is 7.60. The van der Waals surface area contributed by atoms with E-state index in [0.717, 1.165) is 0 Å². The van der Waals surface area contributed by atoms with Gasteiger partial charge in [-0.3, -0.25) is 0 Å². The Morgan fingerprint density at radius 1 is 0.769 bits per heavy atom. The van der Waals surface area contributed by atoms with Crippen molar-refractivity contribution >= 4 is 25.6 Å². The van der Waals surface area contributed by atoms with Crippen LogP contribution >= 0.6 is 0 Å². The van der Waals surface area contributed by atoms with Crippen molar-refractivity contribution < 1.29 is 45.7 Å². The number of rotatable bonds is 3. The maximum Gasteiger partial charge on any atom is -1.00 e. The second-order valence-corrected chi connectivity index (χ2v) is 27.5. The number of hydrogen-bond acceptors (Lipinski definition) is 0. The molecule has 2 atom stereocenters. The molecule has 2 aliphatic heterocycles. The van der Waals surface area contributed by atoms with Crippen molar-refractivity contribution in [1.29, 1.82) is 0 Å². The Bertz CT molecular complexity index is 1630. The first-order valence-electron chi connectivity index (χ1n) is 13.8. The minimum Gasteiger partial charge on any atom is -1.00 e. The van der Waals surface area contributed by atoms with Gasteiger partial charge in [0, 0.05) is 0 Å². The van der Waals surface area contributed by atoms with Crippen LogP contribution in [0.15, 0.2) is 84.4 Å². The first-order valence-corrected chi connectivity index (χ1v) is 22.4. The fourth-order valence-electron chi connectivity index (χ4n) is 7.32. The van der Waals surface area contributed by atoms with Crippen LogP contribution in [-0.4, -0.2) is 5.92 Å². The number of allylic oxidation sites excluding steroid dienone is 1. The summed E-state index contributed by atoms with van der Waals surface area (Å²) in [5.41, 5.74) is 13.9. The van der Waals surface area contributed by atoms with E-state index in [2.05, 4.69) is 126 Å². The number of benzene rings is 4. The molecule has 0 N–H and O–H groups in total. The maximum absolute atomic E-state index is 2.66. The summed E-state index contributed by atoms with van der Waals surface area (Å²) in [4.78, 5) is 0. The van der Waals surface area contributed by atoms with Crippen molar-refractivity contribution in [2.75, 3.05) is 0 Å². The number of halogens is 2. The van der Waals surface area contributed by atoms with E-state index in [1.165, 1.54) is 27.8 Å². The predicted octanol–water partition coefficient (Wildman–Crippen LogP) is 0.837. The summed E-state index contributed by atoms with van der Waals surface area (Å²) in [6.45, 7) is 14.3. The van der Waals surface area contributed by atoms with Crippen molar-refractivity contribution in [3.63, 3.8) is 0 Å². The van der Waals surface area contributed by atoms with Crippen LogP contribution in [0.5, 0.6) is 0 Å². The number of hydrogen-bond donors (Lipinski definition) is 0. The standard InChI is InChI=1S/C23H27.C12H8Si.2ClH.Zr/c1-15(2)18-13-17-11-12-21(23(4,5)6)22(20(17)14-18)19-10-8-7-9-16(19)3;1-3-7-11-9(5-1)10-6-2-4-8-12(10)13-11;;;/h7-15H,1-6H3;1-7,13H;2*1H;/q;;;;+2/p-2. The van der Waals surface area contributed by atoms with Gasteiger partial charge in [0.15, 0.2) is 0 Å². The van der Waals surface area contributed by atoms with Crippen LogP contribution in [0.1, 0.15) is 60.5 Å². The zero-order valence-corrected chi connectivity index (χ0v) is 28.7. The van der Waals surface area contributed by atoms with Gasteiger partial charge in [0.05, 0.1) is 0 Å². The van der Waals surface area contributed by atoms with E-state index < -0.39 is 26.8 Å². The zero-order chi connectivity index (χ0) is 25.6. The van der Waals surface area contributed by atoms with E-state index in [9.17, 15) is 0 Å². The van der Waals surface area contributed by atoms with Gasteiger partial charge in [-0.15, -0.1) is 0 Å². The van der Waals surface area contributed by atoms with Crippen molar-refractivity contribution in [3.8, 4) is 22.3 Å². The van der Waals surface area contributed by atoms with E-state index in [4.69, 9.17) is 0 Å². The Balaban J connectivity index is 0.00000154. The van der Waals surface area contributed by atoms with Crippen LogP contribution in [0.3, 0.4) is 0 Å². The van der Waals surface area contributed by atoms with Crippen LogP contribution in [0, 0.1) is 12.8 Å². The smallest absolute Gasteiger partial charge is 1.00 e. The quantitative estimate of drug-likeness (QED) is 0.290. The molecule has 0 nitrogen and oxygen atoms in total. The summed E-state index contributed by atoms with van der Waals surface area (Å²) >= 11 is -1.99. The van der Waals surface area contributed by atoms with Crippen molar-refractivity contribution in [2.24, 2.45) is 5.92 Å². The van der Waals surface area contributed by atoms with E-state index in [-0.39, 0.29) is 30.2 Å². The molecule has 0 saturated heterocycles. The predicted molar refractivity (Wildman–Crippen MR) is 159 cm³/mol. The summed E-state index contributed by atoms with van der Waals surface area (Å²) in [6.07, 6.45) is 2.66. The van der Waals surface area contributed by atoms with Crippen LogP contribution in [0.25, 0.3) is 28.3 Å². The van der Waals surface area contributed by atoms with Gasteiger partial charge in [-0.05, 0) is 0 Å². The molecule has 4 heteroatoms. The number of aryl methyl sites for hydroxylation is 1. The molecule has 4 aromatic carbocycles. The molecule has 0 fully saturated rings. The second-order valence-electron chi connectivity index (χ2n) is 12.5. The first-order chi connectivity index (χ1) is 17.8. The average Bonchev–Trinajstić information content (AvgIpc) is 3.39. The summed E-state index contributed by atoms with van der Waals surface area (Å²) in [7, 11) is 0. The summed E-state index contributed by atoms with van der Waals surface area (Å²) in [6, 6.07) is 30.8. The maximum atomic E-state index is 2.66. The molecule has 2 unspecified atom stereocenters. The van der Waals surface area contributed by atoms with Crippen LogP contribution in [0.4, 0.5) is 0 Å². The van der Waals surface area contributed by atoms with E-state index in [0.29, 0.717) is 9.54 Å². The van der Waals surface area contributed by atoms with Crippen LogP contribution < -0.4 is 38.5 Å². The second kappa shape index (κ2) is 10.3. The first kappa shape index (κ1) is 28.8. The van der Waals surface area contributed by atoms with Gasteiger partial charge in [0.25, 0.3) is 0 Å². The molecule has 39 heavy (non-hydrogen) atoms. The van der Waals surface area contributed by atoms with E-state index >= 15 is 0 Å². The minimum absolute atomic E-state index is 0. The Hall–Kier alpha value is -1.70. The molecule has 1 aliphatic carbocycles. The molecule has 2 heterocycles. The average molecular weight is 646 g/mol. The van der Waals surface area contributed by atoms with E-state index in [1.807, 2.05) is 8.46 Å². The molecular weight excluding hydrogens is 611 g/mol. The molecule has 0 spiro atoms. The summed E-state index contributed by atoms with van der Waals surface area (Å²) < 4.78 is 2.51. The third kappa shape index (κ3) is 4.16. The van der Waals surface area contributed by atoms with Crippen molar-refractivity contribution in [1.82, 2.24) is 0 Å². The van der Waals surface area contributed by atoms with Gasteiger partial charge in [0.2, 0.25) is 0 Å². The van der Waals surface area contributed by atoms with Crippen LogP contribution in [-0.2, 0) is 26.3 Å². The zero-order valence-electron chi connectivity index (χ0n) is 23.6. The van der Waals surface area contributed by atoms with Gasteiger partial charge < -0.3 is 24.8 Å². The van der Waals surface area contributed by atoms with Gasteiger partial charge in [-0.2, -0.15) is 0 Å². The largest absolute Gasteiger partial charge is 1.00 e. The summed E-state index contributed by atoms with van der Waals surface area (Å²) in [5, 5.41) is 3.58. The SMILES string of the molecule is Cc1ccccc1-c1c(C(C)(C)C)ccc2c1C=C(C(C)C)[CH]2[Zr+2]1[c]2cccc3c2[SiH]1c1ccccc1-3.[Cl-].[Cl-]. The van der Waals surface area contributed by atoms with Crippen molar-refractivity contribution in [2.45, 2.75) is 50.6 Å². The third-order valence-electron chi connectivity index (χ3n) is 9.01. The fourth-order valence-corrected chi connectivity index (χ4v) is 33.8. The monoisotopic (exact) mass is 643 g/mol. The molecule has 0 aromatic heterocycles. The molecule has 197 valence electrons. The summed E-state index contributed by atoms with van der Waals surface area (Å²) in [5.74, 6) is -0.503. The fraction of sp³-hybridized carbons (Fsp3) is 0.257. The van der Waals surface area contributed by atoms with E-state index in [1.54, 1.807) is 27.5 Å². The van der Waals surface area contributed by atoms with Gasteiger partial charge >= 0.3 is 232 Å².